The Labute approximate surface area is 256 Å². The lowest BCUT2D eigenvalue weighted by atomic mass is 9.81. The molecule has 2 aromatic carbocycles. The summed E-state index contributed by atoms with van der Waals surface area (Å²) >= 11 is 0. The van der Waals surface area contributed by atoms with E-state index < -0.39 is 17.5 Å². The minimum atomic E-state index is -4.74. The highest BCUT2D eigenvalue weighted by Gasteiger charge is 2.40. The van der Waals surface area contributed by atoms with E-state index in [0.29, 0.717) is 34.1 Å². The van der Waals surface area contributed by atoms with Crippen LogP contribution in [-0.4, -0.2) is 34.4 Å². The number of aliphatic hydroxyl groups is 1. The molecule has 45 heavy (non-hydrogen) atoms. The summed E-state index contributed by atoms with van der Waals surface area (Å²) in [5, 5.41) is 27.6. The van der Waals surface area contributed by atoms with Crippen molar-refractivity contribution >= 4 is 10.9 Å². The first-order valence-electron chi connectivity index (χ1n) is 13.7. The van der Waals surface area contributed by atoms with Gasteiger partial charge in [0.15, 0.2) is 5.60 Å². The Morgan fingerprint density at radius 1 is 1.04 bits per heavy atom. The fourth-order valence-corrected chi connectivity index (χ4v) is 5.58. The van der Waals surface area contributed by atoms with Gasteiger partial charge in [-0.1, -0.05) is 18.2 Å². The minimum absolute atomic E-state index is 0.0728. The molecule has 4 aromatic heterocycles. The number of halogens is 3. The van der Waals surface area contributed by atoms with Crippen LogP contribution in [0.15, 0.2) is 85.7 Å². The Morgan fingerprint density at radius 3 is 2.44 bits per heavy atom. The summed E-state index contributed by atoms with van der Waals surface area (Å²) in [5.74, 6) is 2.61. The fraction of sp³-hybridized carbons (Fsp3) is 0.147. The Balaban J connectivity index is 1.55. The van der Waals surface area contributed by atoms with Gasteiger partial charge >= 0.3 is 6.18 Å². The van der Waals surface area contributed by atoms with Crippen molar-refractivity contribution in [3.05, 3.63) is 136 Å². The maximum atomic E-state index is 13.7. The van der Waals surface area contributed by atoms with Crippen LogP contribution in [-0.2, 0) is 25.2 Å². The van der Waals surface area contributed by atoms with Gasteiger partial charge in [0.25, 0.3) is 0 Å². The van der Waals surface area contributed by atoms with Crippen LogP contribution in [0.2, 0.25) is 0 Å². The zero-order valence-electron chi connectivity index (χ0n) is 24.1. The van der Waals surface area contributed by atoms with Crippen LogP contribution in [0.25, 0.3) is 16.6 Å². The predicted octanol–water partition coefficient (Wildman–Crippen LogP) is 5.60. The topological polar surface area (TPSA) is 105 Å². The molecule has 8 nitrogen and oxygen atoms in total. The van der Waals surface area contributed by atoms with Crippen molar-refractivity contribution in [1.82, 2.24) is 29.3 Å². The van der Waals surface area contributed by atoms with Gasteiger partial charge in [0.1, 0.15) is 17.5 Å². The molecule has 0 amide bonds. The van der Waals surface area contributed by atoms with Gasteiger partial charge in [-0.15, -0.1) is 6.42 Å². The van der Waals surface area contributed by atoms with E-state index in [4.69, 9.17) is 11.4 Å². The summed E-state index contributed by atoms with van der Waals surface area (Å²) in [5.41, 5.74) is 0.915. The monoisotopic (exact) mass is 603 g/mol. The standard InChI is InChI=1S/C34H24F3N7O/c1-4-29-26(15-22-6-8-25(9-7-22)44-13-5-11-41-44)28(18-38)27-16-24(14-21(2)32(27)42-29)33(45,31-19-39-20-43(31)3)23-10-12-40-30(17-23)34(35,36)37/h1,5-14,16-17,19-20,45H,15H2,2-3H3. The lowest BCUT2D eigenvalue weighted by Gasteiger charge is -2.31. The lowest BCUT2D eigenvalue weighted by molar-refractivity contribution is -0.141. The Morgan fingerprint density at radius 2 is 1.82 bits per heavy atom. The highest BCUT2D eigenvalue weighted by atomic mass is 19.4. The SMILES string of the molecule is C#Cc1nc2c(C)cc(C(O)(c3ccnc(C(F)(F)F)c3)c3cncn3C)cc2c(C#N)c1Cc1ccc(-n2cccn2)cc1. The van der Waals surface area contributed by atoms with Crippen molar-refractivity contribution in [2.45, 2.75) is 25.1 Å². The molecule has 0 aliphatic rings. The fourth-order valence-electron chi connectivity index (χ4n) is 5.58. The average Bonchev–Trinajstić information content (AvgIpc) is 3.73. The number of fused-ring (bicyclic) bond motifs is 1. The third-order valence-electron chi connectivity index (χ3n) is 7.79. The van der Waals surface area contributed by atoms with Gasteiger partial charge in [-0.3, -0.25) is 4.98 Å². The van der Waals surface area contributed by atoms with E-state index in [1.807, 2.05) is 36.5 Å². The summed E-state index contributed by atoms with van der Waals surface area (Å²) < 4.78 is 44.4. The second kappa shape index (κ2) is 11.1. The molecule has 0 saturated carbocycles. The van der Waals surface area contributed by atoms with Crippen LogP contribution in [0.5, 0.6) is 0 Å². The molecule has 0 fully saturated rings. The molecule has 1 unspecified atom stereocenters. The summed E-state index contributed by atoms with van der Waals surface area (Å²) in [6.07, 6.45) is 8.78. The van der Waals surface area contributed by atoms with Gasteiger partial charge in [0, 0.05) is 43.0 Å². The van der Waals surface area contributed by atoms with E-state index in [1.165, 1.54) is 23.2 Å². The van der Waals surface area contributed by atoms with E-state index in [1.54, 1.807) is 37.0 Å². The number of nitrogens with zero attached hydrogens (tertiary/aromatic N) is 7. The molecule has 6 rings (SSSR count). The van der Waals surface area contributed by atoms with Crippen LogP contribution in [0.3, 0.4) is 0 Å². The number of alkyl halides is 3. The van der Waals surface area contributed by atoms with Crippen molar-refractivity contribution in [3.8, 4) is 24.1 Å². The lowest BCUT2D eigenvalue weighted by Crippen LogP contribution is -2.32. The van der Waals surface area contributed by atoms with Crippen molar-refractivity contribution in [1.29, 1.82) is 5.26 Å². The molecule has 0 radical (unpaired) electrons. The Kier molecular flexibility index (Phi) is 7.19. The summed E-state index contributed by atoms with van der Waals surface area (Å²) in [4.78, 5) is 12.3. The second-order valence-electron chi connectivity index (χ2n) is 10.6. The molecular weight excluding hydrogens is 579 g/mol. The van der Waals surface area contributed by atoms with E-state index >= 15 is 0 Å². The first kappa shape index (κ1) is 29.3. The zero-order chi connectivity index (χ0) is 31.9. The number of nitriles is 1. The Bertz CT molecular complexity index is 2140. The van der Waals surface area contributed by atoms with E-state index in [2.05, 4.69) is 27.1 Å². The van der Waals surface area contributed by atoms with E-state index in [9.17, 15) is 23.5 Å². The normalized spacial score (nSPS) is 12.9. The van der Waals surface area contributed by atoms with Crippen LogP contribution in [0, 0.1) is 30.6 Å². The molecule has 0 bridgehead atoms. The quantitative estimate of drug-likeness (QED) is 0.249. The van der Waals surface area contributed by atoms with Crippen molar-refractivity contribution in [3.63, 3.8) is 0 Å². The highest BCUT2D eigenvalue weighted by molar-refractivity contribution is 5.90. The molecule has 222 valence electrons. The first-order valence-corrected chi connectivity index (χ1v) is 13.7. The van der Waals surface area contributed by atoms with Crippen LogP contribution >= 0.6 is 0 Å². The minimum Gasteiger partial charge on any atom is -0.374 e. The average molecular weight is 604 g/mol. The maximum absolute atomic E-state index is 13.7. The molecule has 0 aliphatic carbocycles. The van der Waals surface area contributed by atoms with Gasteiger partial charge in [-0.05, 0) is 71.5 Å². The number of aromatic nitrogens is 6. The maximum Gasteiger partial charge on any atom is 0.433 e. The van der Waals surface area contributed by atoms with Crippen molar-refractivity contribution in [2.24, 2.45) is 7.05 Å². The predicted molar refractivity (Wildman–Crippen MR) is 160 cm³/mol. The second-order valence-corrected chi connectivity index (χ2v) is 10.6. The zero-order valence-corrected chi connectivity index (χ0v) is 24.1. The smallest absolute Gasteiger partial charge is 0.374 e. The van der Waals surface area contributed by atoms with Gasteiger partial charge in [0.2, 0.25) is 0 Å². The number of benzene rings is 2. The van der Waals surface area contributed by atoms with Gasteiger partial charge in [-0.2, -0.15) is 23.5 Å². The molecular formula is C34H24F3N7O. The summed E-state index contributed by atoms with van der Waals surface area (Å²) in [6, 6.07) is 17.1. The molecule has 0 saturated heterocycles. The number of aryl methyl sites for hydroxylation is 2. The summed E-state index contributed by atoms with van der Waals surface area (Å²) in [6.45, 7) is 1.74. The molecule has 0 spiro atoms. The Hall–Kier alpha value is -5.78. The first-order chi connectivity index (χ1) is 21.5. The van der Waals surface area contributed by atoms with E-state index in [-0.39, 0.29) is 22.4 Å². The number of hydrogen-bond donors (Lipinski definition) is 1. The number of hydrogen-bond acceptors (Lipinski definition) is 6. The van der Waals surface area contributed by atoms with Crippen molar-refractivity contribution < 1.29 is 18.3 Å². The summed E-state index contributed by atoms with van der Waals surface area (Å²) in [7, 11) is 1.63. The highest BCUT2D eigenvalue weighted by Crippen LogP contribution is 2.41. The number of imidazole rings is 1. The molecule has 11 heteroatoms. The molecule has 1 N–H and O–H groups in total. The van der Waals surface area contributed by atoms with Crippen LogP contribution in [0.1, 0.15) is 50.5 Å². The van der Waals surface area contributed by atoms with Gasteiger partial charge < -0.3 is 9.67 Å². The van der Waals surface area contributed by atoms with Gasteiger partial charge in [0.05, 0.1) is 35.0 Å². The largest absolute Gasteiger partial charge is 0.433 e. The van der Waals surface area contributed by atoms with Crippen LogP contribution in [0.4, 0.5) is 13.2 Å². The number of terminal acetylenes is 1. The molecule has 1 atom stereocenters. The van der Waals surface area contributed by atoms with E-state index in [0.717, 1.165) is 23.5 Å². The van der Waals surface area contributed by atoms with Crippen LogP contribution < -0.4 is 0 Å². The molecule has 0 aliphatic heterocycles. The molecule has 6 aromatic rings. The van der Waals surface area contributed by atoms with Gasteiger partial charge in [-0.25, -0.2) is 14.6 Å². The van der Waals surface area contributed by atoms with Crippen molar-refractivity contribution in [2.75, 3.05) is 0 Å². The third-order valence-corrected chi connectivity index (χ3v) is 7.79. The molecule has 4 heterocycles. The number of rotatable bonds is 6. The third kappa shape index (κ3) is 5.09. The number of pyridine rings is 2.